The van der Waals surface area contributed by atoms with Crippen LogP contribution in [0.2, 0.25) is 0 Å². The van der Waals surface area contributed by atoms with Gasteiger partial charge in [-0.05, 0) is 63.5 Å². The van der Waals surface area contributed by atoms with Crippen molar-refractivity contribution >= 4 is 0 Å². The number of likely N-dealkylation sites (tertiary alicyclic amines) is 1. The summed E-state index contributed by atoms with van der Waals surface area (Å²) < 4.78 is 0. The van der Waals surface area contributed by atoms with Crippen molar-refractivity contribution in [3.8, 4) is 0 Å². The summed E-state index contributed by atoms with van der Waals surface area (Å²) in [4.78, 5) is 2.59. The summed E-state index contributed by atoms with van der Waals surface area (Å²) in [6.07, 6.45) is 10.5. The second-order valence-electron chi connectivity index (χ2n) is 7.24. The first-order valence-electron chi connectivity index (χ1n) is 9.36. The maximum absolute atomic E-state index is 9.64. The van der Waals surface area contributed by atoms with Crippen LogP contribution in [0.25, 0.3) is 0 Å². The van der Waals surface area contributed by atoms with Crippen molar-refractivity contribution in [2.45, 2.75) is 77.3 Å². The van der Waals surface area contributed by atoms with Gasteiger partial charge in [0.15, 0.2) is 0 Å². The number of nitrogens with zero attached hydrogens (tertiary/aromatic N) is 1. The topological polar surface area (TPSA) is 35.5 Å². The molecule has 4 atom stereocenters. The molecule has 3 heteroatoms. The Labute approximate surface area is 131 Å². The minimum absolute atomic E-state index is 0.344. The smallest absolute Gasteiger partial charge is 0.0586 e. The predicted octanol–water partition coefficient (Wildman–Crippen LogP) is 3.03. The van der Waals surface area contributed by atoms with Gasteiger partial charge in [0.05, 0.1) is 6.61 Å². The standard InChI is InChI=1S/C18H36N2O/c1-3-10-19-18-9-8-15(4-2)12-16(18)13-20-11-6-5-7-17(20)14-21/h15-19,21H,3-14H2,1-2H3. The first-order chi connectivity index (χ1) is 10.3. The van der Waals surface area contributed by atoms with E-state index in [1.54, 1.807) is 0 Å². The van der Waals surface area contributed by atoms with Gasteiger partial charge in [-0.25, -0.2) is 0 Å². The molecule has 0 radical (unpaired) electrons. The summed E-state index contributed by atoms with van der Waals surface area (Å²) in [5.74, 6) is 1.70. The fraction of sp³-hybridized carbons (Fsp3) is 1.00. The van der Waals surface area contributed by atoms with Gasteiger partial charge in [0.2, 0.25) is 0 Å². The molecule has 1 aliphatic carbocycles. The molecule has 2 aliphatic rings. The first-order valence-corrected chi connectivity index (χ1v) is 9.36. The highest BCUT2D eigenvalue weighted by atomic mass is 16.3. The van der Waals surface area contributed by atoms with Gasteiger partial charge in [0.1, 0.15) is 0 Å². The Hall–Kier alpha value is -0.120. The van der Waals surface area contributed by atoms with E-state index in [-0.39, 0.29) is 0 Å². The summed E-state index contributed by atoms with van der Waals surface area (Å²) >= 11 is 0. The maximum Gasteiger partial charge on any atom is 0.0586 e. The van der Waals surface area contributed by atoms with Crippen molar-refractivity contribution in [3.05, 3.63) is 0 Å². The van der Waals surface area contributed by atoms with Gasteiger partial charge >= 0.3 is 0 Å². The van der Waals surface area contributed by atoms with Crippen molar-refractivity contribution in [2.75, 3.05) is 26.2 Å². The number of piperidine rings is 1. The number of hydrogen-bond donors (Lipinski definition) is 2. The van der Waals surface area contributed by atoms with Crippen LogP contribution in [0, 0.1) is 11.8 Å². The molecule has 124 valence electrons. The number of aliphatic hydroxyl groups excluding tert-OH is 1. The molecule has 1 saturated carbocycles. The average Bonchev–Trinajstić information content (AvgIpc) is 2.54. The Morgan fingerprint density at radius 1 is 1.14 bits per heavy atom. The lowest BCUT2D eigenvalue weighted by Crippen LogP contribution is -2.50. The lowest BCUT2D eigenvalue weighted by Gasteiger charge is -2.42. The predicted molar refractivity (Wildman–Crippen MR) is 89.5 cm³/mol. The van der Waals surface area contributed by atoms with Crippen LogP contribution >= 0.6 is 0 Å². The Morgan fingerprint density at radius 3 is 2.71 bits per heavy atom. The monoisotopic (exact) mass is 296 g/mol. The molecule has 3 nitrogen and oxygen atoms in total. The number of rotatable bonds is 7. The molecule has 2 N–H and O–H groups in total. The SMILES string of the molecule is CCCNC1CCC(CC)CC1CN1CCCCC1CO. The quantitative estimate of drug-likeness (QED) is 0.758. The van der Waals surface area contributed by atoms with Crippen LogP contribution in [-0.4, -0.2) is 48.3 Å². The third kappa shape index (κ3) is 4.94. The van der Waals surface area contributed by atoms with Gasteiger partial charge in [-0.2, -0.15) is 0 Å². The second-order valence-corrected chi connectivity index (χ2v) is 7.24. The van der Waals surface area contributed by atoms with Crippen molar-refractivity contribution in [1.82, 2.24) is 10.2 Å². The van der Waals surface area contributed by atoms with Gasteiger partial charge < -0.3 is 10.4 Å². The Bertz CT molecular complexity index is 284. The lowest BCUT2D eigenvalue weighted by atomic mass is 9.76. The van der Waals surface area contributed by atoms with Crippen molar-refractivity contribution in [2.24, 2.45) is 11.8 Å². The summed E-state index contributed by atoms with van der Waals surface area (Å²) in [5.41, 5.74) is 0. The van der Waals surface area contributed by atoms with Gasteiger partial charge in [0, 0.05) is 18.6 Å². The van der Waals surface area contributed by atoms with E-state index in [0.717, 1.165) is 18.4 Å². The van der Waals surface area contributed by atoms with E-state index in [2.05, 4.69) is 24.1 Å². The number of aliphatic hydroxyl groups is 1. The van der Waals surface area contributed by atoms with E-state index < -0.39 is 0 Å². The highest BCUT2D eigenvalue weighted by Crippen LogP contribution is 2.33. The normalized spacial score (nSPS) is 35.0. The largest absolute Gasteiger partial charge is 0.395 e. The minimum atomic E-state index is 0.344. The van der Waals surface area contributed by atoms with Crippen molar-refractivity contribution in [3.63, 3.8) is 0 Å². The average molecular weight is 296 g/mol. The van der Waals surface area contributed by atoms with E-state index in [0.29, 0.717) is 18.7 Å². The third-order valence-corrected chi connectivity index (χ3v) is 5.75. The third-order valence-electron chi connectivity index (χ3n) is 5.75. The fourth-order valence-electron chi connectivity index (χ4n) is 4.34. The van der Waals surface area contributed by atoms with E-state index >= 15 is 0 Å². The van der Waals surface area contributed by atoms with E-state index in [1.165, 1.54) is 64.5 Å². The lowest BCUT2D eigenvalue weighted by molar-refractivity contribution is 0.0545. The first kappa shape index (κ1) is 17.2. The second kappa shape index (κ2) is 9.12. The zero-order valence-electron chi connectivity index (χ0n) is 14.2. The minimum Gasteiger partial charge on any atom is -0.395 e. The molecule has 0 bridgehead atoms. The van der Waals surface area contributed by atoms with Gasteiger partial charge in [-0.15, -0.1) is 0 Å². The molecule has 2 fully saturated rings. The summed E-state index contributed by atoms with van der Waals surface area (Å²) in [6.45, 7) is 8.49. The van der Waals surface area contributed by atoms with Crippen LogP contribution in [0.3, 0.4) is 0 Å². The van der Waals surface area contributed by atoms with E-state index in [1.807, 2.05) is 0 Å². The summed E-state index contributed by atoms with van der Waals surface area (Å²) in [6, 6.07) is 1.13. The zero-order chi connectivity index (χ0) is 15.1. The number of nitrogens with one attached hydrogen (secondary N) is 1. The molecule has 4 unspecified atom stereocenters. The molecule has 0 aromatic heterocycles. The molecule has 0 spiro atoms. The van der Waals surface area contributed by atoms with Crippen LogP contribution in [0.4, 0.5) is 0 Å². The van der Waals surface area contributed by atoms with E-state index in [4.69, 9.17) is 0 Å². The molecule has 1 aliphatic heterocycles. The Balaban J connectivity index is 1.93. The highest BCUT2D eigenvalue weighted by Gasteiger charge is 2.32. The zero-order valence-corrected chi connectivity index (χ0v) is 14.2. The van der Waals surface area contributed by atoms with Crippen LogP contribution in [0.1, 0.15) is 65.2 Å². The molecule has 21 heavy (non-hydrogen) atoms. The van der Waals surface area contributed by atoms with E-state index in [9.17, 15) is 5.11 Å². The molecular weight excluding hydrogens is 260 g/mol. The van der Waals surface area contributed by atoms with Crippen LogP contribution in [-0.2, 0) is 0 Å². The van der Waals surface area contributed by atoms with Gasteiger partial charge in [0.25, 0.3) is 0 Å². The molecular formula is C18H36N2O. The molecule has 0 amide bonds. The van der Waals surface area contributed by atoms with Gasteiger partial charge in [-0.3, -0.25) is 4.90 Å². The Kier molecular flexibility index (Phi) is 7.48. The molecule has 0 aromatic carbocycles. The summed E-state index contributed by atoms with van der Waals surface area (Å²) in [7, 11) is 0. The van der Waals surface area contributed by atoms with Gasteiger partial charge in [-0.1, -0.05) is 26.7 Å². The molecule has 0 aromatic rings. The molecule has 1 heterocycles. The van der Waals surface area contributed by atoms with Crippen LogP contribution < -0.4 is 5.32 Å². The fourth-order valence-corrected chi connectivity index (χ4v) is 4.34. The Morgan fingerprint density at radius 2 is 2.00 bits per heavy atom. The summed E-state index contributed by atoms with van der Waals surface area (Å²) in [5, 5.41) is 13.4. The maximum atomic E-state index is 9.64. The van der Waals surface area contributed by atoms with Crippen LogP contribution in [0.15, 0.2) is 0 Å². The molecule has 1 saturated heterocycles. The molecule has 2 rings (SSSR count). The van der Waals surface area contributed by atoms with Crippen molar-refractivity contribution in [1.29, 1.82) is 0 Å². The number of hydrogen-bond acceptors (Lipinski definition) is 3. The highest BCUT2D eigenvalue weighted by molar-refractivity contribution is 4.88. The van der Waals surface area contributed by atoms with Crippen LogP contribution in [0.5, 0.6) is 0 Å². The van der Waals surface area contributed by atoms with Crippen molar-refractivity contribution < 1.29 is 5.11 Å².